The number of benzene rings is 3. The Balaban J connectivity index is 1.67. The molecule has 0 saturated heterocycles. The van der Waals surface area contributed by atoms with Gasteiger partial charge in [-0.1, -0.05) is 23.7 Å². The van der Waals surface area contributed by atoms with E-state index >= 15 is 0 Å². The molecule has 1 aliphatic rings. The van der Waals surface area contributed by atoms with Gasteiger partial charge in [0.1, 0.15) is 23.3 Å². The summed E-state index contributed by atoms with van der Waals surface area (Å²) in [6.07, 6.45) is 0. The van der Waals surface area contributed by atoms with Crippen LogP contribution in [0.2, 0.25) is 5.02 Å². The molecule has 0 spiro atoms. The molecule has 3 amide bonds. The second-order valence-corrected chi connectivity index (χ2v) is 8.99. The number of halogens is 5. The van der Waals surface area contributed by atoms with Crippen LogP contribution in [-0.4, -0.2) is 23.9 Å². The van der Waals surface area contributed by atoms with Crippen molar-refractivity contribution >= 4 is 29.2 Å². The monoisotopic (exact) mass is 519 g/mol. The number of amides is 3. The highest BCUT2D eigenvalue weighted by atomic mass is 35.5. The zero-order valence-corrected chi connectivity index (χ0v) is 20.4. The summed E-state index contributed by atoms with van der Waals surface area (Å²) in [5.41, 5.74) is 1.51. The third-order valence-corrected chi connectivity index (χ3v) is 6.90. The molecule has 0 aromatic heterocycles. The Hall–Kier alpha value is -3.59. The van der Waals surface area contributed by atoms with E-state index in [1.54, 1.807) is 20.0 Å². The summed E-state index contributed by atoms with van der Waals surface area (Å²) in [5.74, 6) is -4.55. The van der Waals surface area contributed by atoms with Gasteiger partial charge >= 0.3 is 6.03 Å². The van der Waals surface area contributed by atoms with E-state index in [0.29, 0.717) is 28.9 Å². The lowest BCUT2D eigenvalue weighted by Crippen LogP contribution is -2.46. The molecule has 0 unspecified atom stereocenters. The van der Waals surface area contributed by atoms with Crippen molar-refractivity contribution in [2.75, 3.05) is 11.9 Å². The van der Waals surface area contributed by atoms with Crippen molar-refractivity contribution in [3.05, 3.63) is 98.6 Å². The number of nitrogens with one attached hydrogen (secondary N) is 1. The first-order valence-electron chi connectivity index (χ1n) is 11.0. The predicted octanol–water partition coefficient (Wildman–Crippen LogP) is 6.27. The molecule has 0 radical (unpaired) electrons. The van der Waals surface area contributed by atoms with E-state index in [1.807, 2.05) is 6.92 Å². The van der Waals surface area contributed by atoms with Crippen LogP contribution in [0.5, 0.6) is 0 Å². The van der Waals surface area contributed by atoms with Crippen LogP contribution in [0.4, 0.5) is 28.0 Å². The maximum Gasteiger partial charge on any atom is 0.325 e. The van der Waals surface area contributed by atoms with Gasteiger partial charge in [0.25, 0.3) is 5.91 Å². The average molecular weight is 520 g/mol. The number of nitrogens with zero attached hydrogens (tertiary/aromatic N) is 2. The zero-order chi connectivity index (χ0) is 26.3. The molecule has 4 rings (SSSR count). The lowest BCUT2D eigenvalue weighted by Gasteiger charge is -2.40. The summed E-state index contributed by atoms with van der Waals surface area (Å²) < 4.78 is 55.7. The molecule has 10 heteroatoms. The highest BCUT2D eigenvalue weighted by molar-refractivity contribution is 6.32. The quantitative estimate of drug-likeness (QED) is 0.404. The van der Waals surface area contributed by atoms with Crippen molar-refractivity contribution in [2.24, 2.45) is 0 Å². The highest BCUT2D eigenvalue weighted by Gasteiger charge is 2.34. The molecule has 3 aromatic carbocycles. The molecule has 188 valence electrons. The van der Waals surface area contributed by atoms with Crippen LogP contribution >= 0.6 is 11.6 Å². The average Bonchev–Trinajstić information content (AvgIpc) is 2.83. The molecular weight excluding hydrogens is 498 g/mol. The largest absolute Gasteiger partial charge is 0.348 e. The Morgan fingerprint density at radius 2 is 1.67 bits per heavy atom. The van der Waals surface area contributed by atoms with Gasteiger partial charge in [-0.2, -0.15) is 0 Å². The number of carbonyl (C=O) groups is 2. The Morgan fingerprint density at radius 3 is 2.33 bits per heavy atom. The molecule has 0 aliphatic carbocycles. The summed E-state index contributed by atoms with van der Waals surface area (Å²) in [5, 5.41) is 2.61. The molecule has 1 heterocycles. The SMILES string of the molecule is Cc1ccc(F)c(CN2C(=O)N(C)[C@@H](C)c3ccc(C(=O)NCc4c(F)cc(F)cc4F)cc32)c1Cl. The number of anilines is 1. The van der Waals surface area contributed by atoms with Crippen LogP contribution in [0.15, 0.2) is 42.5 Å². The molecule has 36 heavy (non-hydrogen) atoms. The van der Waals surface area contributed by atoms with Crippen molar-refractivity contribution in [2.45, 2.75) is 33.0 Å². The Morgan fingerprint density at radius 1 is 1.00 bits per heavy atom. The second-order valence-electron chi connectivity index (χ2n) is 8.62. The summed E-state index contributed by atoms with van der Waals surface area (Å²) in [6.45, 7) is 2.85. The van der Waals surface area contributed by atoms with E-state index < -0.39 is 47.3 Å². The first kappa shape index (κ1) is 25.5. The van der Waals surface area contributed by atoms with Gasteiger partial charge < -0.3 is 10.2 Å². The first-order chi connectivity index (χ1) is 17.0. The molecule has 3 aromatic rings. The first-order valence-corrected chi connectivity index (χ1v) is 11.4. The molecule has 1 aliphatic heterocycles. The topological polar surface area (TPSA) is 52.7 Å². The third kappa shape index (κ3) is 4.63. The van der Waals surface area contributed by atoms with Crippen molar-refractivity contribution in [3.8, 4) is 0 Å². The van der Waals surface area contributed by atoms with Gasteiger partial charge in [0.15, 0.2) is 0 Å². The van der Waals surface area contributed by atoms with Gasteiger partial charge in [0.2, 0.25) is 0 Å². The number of fused-ring (bicyclic) bond motifs is 1. The zero-order valence-electron chi connectivity index (χ0n) is 19.6. The summed E-state index contributed by atoms with van der Waals surface area (Å²) in [4.78, 5) is 28.8. The van der Waals surface area contributed by atoms with Gasteiger partial charge in [-0.05, 0) is 43.2 Å². The van der Waals surface area contributed by atoms with E-state index in [2.05, 4.69) is 5.32 Å². The minimum atomic E-state index is -1.12. The molecule has 5 nitrogen and oxygen atoms in total. The van der Waals surface area contributed by atoms with E-state index in [4.69, 9.17) is 11.6 Å². The van der Waals surface area contributed by atoms with E-state index in [9.17, 15) is 27.2 Å². The molecular formula is C26H22ClF4N3O2. The van der Waals surface area contributed by atoms with E-state index in [1.165, 1.54) is 34.1 Å². The smallest absolute Gasteiger partial charge is 0.325 e. The molecule has 0 fully saturated rings. The van der Waals surface area contributed by atoms with Crippen LogP contribution < -0.4 is 10.2 Å². The molecule has 0 bridgehead atoms. The molecule has 1 N–H and O–H groups in total. The van der Waals surface area contributed by atoms with Gasteiger partial charge in [0, 0.05) is 42.4 Å². The second kappa shape index (κ2) is 9.81. The summed E-state index contributed by atoms with van der Waals surface area (Å²) >= 11 is 6.33. The number of carbonyl (C=O) groups excluding carboxylic acids is 2. The highest BCUT2D eigenvalue weighted by Crippen LogP contribution is 2.38. The maximum absolute atomic E-state index is 14.6. The minimum absolute atomic E-state index is 0.113. The fourth-order valence-electron chi connectivity index (χ4n) is 4.12. The van der Waals surface area contributed by atoms with Crippen LogP contribution in [0.1, 0.15) is 45.6 Å². The Labute approximate surface area is 210 Å². The third-order valence-electron chi connectivity index (χ3n) is 6.37. The van der Waals surface area contributed by atoms with E-state index in [0.717, 1.165) is 0 Å². The summed E-state index contributed by atoms with van der Waals surface area (Å²) in [7, 11) is 1.61. The van der Waals surface area contributed by atoms with Gasteiger partial charge in [-0.25, -0.2) is 22.4 Å². The fourth-order valence-corrected chi connectivity index (χ4v) is 4.34. The normalized spacial score (nSPS) is 15.2. The predicted molar refractivity (Wildman–Crippen MR) is 128 cm³/mol. The lowest BCUT2D eigenvalue weighted by atomic mass is 9.98. The van der Waals surface area contributed by atoms with Crippen molar-refractivity contribution in [1.82, 2.24) is 10.2 Å². The van der Waals surface area contributed by atoms with Gasteiger partial charge in [-0.3, -0.25) is 9.69 Å². The number of rotatable bonds is 5. The standard InChI is InChI=1S/C26H22ClF4N3O2/c1-13-4-7-20(29)19(24(13)27)12-34-23-8-15(5-6-17(23)14(2)33(3)26(34)36)25(35)32-11-18-21(30)9-16(28)10-22(18)31/h4-10,14H,11-12H2,1-3H3,(H,32,35)/t14-/m0/s1. The van der Waals surface area contributed by atoms with Crippen LogP contribution in [0, 0.1) is 30.2 Å². The van der Waals surface area contributed by atoms with Crippen molar-refractivity contribution < 1.29 is 27.2 Å². The summed E-state index contributed by atoms with van der Waals surface area (Å²) in [6, 6.07) is 7.77. The van der Waals surface area contributed by atoms with Crippen LogP contribution in [0.25, 0.3) is 0 Å². The van der Waals surface area contributed by atoms with Crippen LogP contribution in [-0.2, 0) is 13.1 Å². The van der Waals surface area contributed by atoms with Crippen LogP contribution in [0.3, 0.4) is 0 Å². The van der Waals surface area contributed by atoms with Crippen molar-refractivity contribution in [3.63, 3.8) is 0 Å². The van der Waals surface area contributed by atoms with Gasteiger partial charge in [-0.15, -0.1) is 0 Å². The maximum atomic E-state index is 14.6. The fraction of sp³-hybridized carbons (Fsp3) is 0.231. The Bertz CT molecular complexity index is 1360. The number of aryl methyl sites for hydroxylation is 1. The number of urea groups is 1. The molecule has 1 atom stereocenters. The van der Waals surface area contributed by atoms with E-state index in [-0.39, 0.29) is 28.7 Å². The number of hydrogen-bond donors (Lipinski definition) is 1. The molecule has 0 saturated carbocycles. The lowest BCUT2D eigenvalue weighted by molar-refractivity contribution is 0.0950. The Kier molecular flexibility index (Phi) is 6.95. The van der Waals surface area contributed by atoms with Gasteiger partial charge in [0.05, 0.1) is 23.3 Å². The number of hydrogen-bond acceptors (Lipinski definition) is 2. The minimum Gasteiger partial charge on any atom is -0.348 e. The van der Waals surface area contributed by atoms with Crippen molar-refractivity contribution in [1.29, 1.82) is 0 Å².